The van der Waals surface area contributed by atoms with Gasteiger partial charge < -0.3 is 20.8 Å². The van der Waals surface area contributed by atoms with Gasteiger partial charge in [0.15, 0.2) is 6.04 Å². The van der Waals surface area contributed by atoms with Crippen LogP contribution in [0.5, 0.6) is 0 Å². The Labute approximate surface area is 118 Å². The predicted molar refractivity (Wildman–Crippen MR) is 74.3 cm³/mol. The lowest BCUT2D eigenvalue weighted by Crippen LogP contribution is -2.45. The lowest BCUT2D eigenvalue weighted by atomic mass is 10.1. The maximum absolute atomic E-state index is 11.7. The summed E-state index contributed by atoms with van der Waals surface area (Å²) in [6, 6.07) is 1.68. The molecule has 1 aromatic rings. The van der Waals surface area contributed by atoms with E-state index >= 15 is 0 Å². The summed E-state index contributed by atoms with van der Waals surface area (Å²) in [6.07, 6.45) is 0. The van der Waals surface area contributed by atoms with E-state index in [4.69, 9.17) is 10.2 Å². The van der Waals surface area contributed by atoms with Crippen molar-refractivity contribution in [3.05, 3.63) is 27.7 Å². The molecule has 0 radical (unpaired) electrons. The molecule has 1 rings (SSSR count). The third-order valence-electron chi connectivity index (χ3n) is 2.52. The predicted octanol–water partition coefficient (Wildman–Crippen LogP) is 1.63. The first-order valence-corrected chi connectivity index (χ1v) is 6.32. The lowest BCUT2D eigenvalue weighted by Gasteiger charge is -2.15. The zero-order valence-electron chi connectivity index (χ0n) is 10.5. The van der Waals surface area contributed by atoms with Gasteiger partial charge in [0.1, 0.15) is 0 Å². The van der Waals surface area contributed by atoms with E-state index < -0.39 is 24.6 Å². The molecule has 0 aliphatic heterocycles. The molecule has 0 saturated carbocycles. The number of aliphatic carboxylic acids is 1. The average molecular weight is 331 g/mol. The van der Waals surface area contributed by atoms with Gasteiger partial charge in [0.2, 0.25) is 0 Å². The van der Waals surface area contributed by atoms with Gasteiger partial charge in [-0.05, 0) is 37.1 Å². The van der Waals surface area contributed by atoms with Gasteiger partial charge in [0.25, 0.3) is 0 Å². The van der Waals surface area contributed by atoms with Crippen LogP contribution in [0, 0.1) is 13.8 Å². The quantitative estimate of drug-likeness (QED) is 0.674. The van der Waals surface area contributed by atoms with Crippen LogP contribution in [-0.2, 0) is 4.79 Å². The number of rotatable bonds is 4. The summed E-state index contributed by atoms with van der Waals surface area (Å²) in [5.74, 6) is -1.29. The van der Waals surface area contributed by atoms with Crippen molar-refractivity contribution >= 4 is 33.6 Å². The highest BCUT2D eigenvalue weighted by molar-refractivity contribution is 9.10. The van der Waals surface area contributed by atoms with Crippen molar-refractivity contribution < 1.29 is 19.8 Å². The molecule has 0 spiro atoms. The fraction of sp³-hybridized carbons (Fsp3) is 0.333. The summed E-state index contributed by atoms with van der Waals surface area (Å²) in [4.78, 5) is 22.4. The highest BCUT2D eigenvalue weighted by Crippen LogP contribution is 2.24. The Morgan fingerprint density at radius 2 is 1.84 bits per heavy atom. The van der Waals surface area contributed by atoms with Gasteiger partial charge in [-0.2, -0.15) is 0 Å². The Hall–Kier alpha value is -1.60. The molecule has 0 heterocycles. The molecule has 0 aliphatic carbocycles. The second kappa shape index (κ2) is 6.53. The highest BCUT2D eigenvalue weighted by atomic mass is 79.9. The number of carbonyl (C=O) groups excluding carboxylic acids is 1. The second-order valence-corrected chi connectivity index (χ2v) is 5.00. The standard InChI is InChI=1S/C12H15BrN2O4/c1-6-3-8(13)4-7(2)10(6)15-12(19)14-9(5-16)11(17)18/h3-4,9,16H,5H2,1-2H3,(H,17,18)(H2,14,15,19)/t9-/m1/s1. The van der Waals surface area contributed by atoms with Gasteiger partial charge in [0.05, 0.1) is 6.61 Å². The first-order valence-electron chi connectivity index (χ1n) is 5.53. The smallest absolute Gasteiger partial charge is 0.328 e. The molecular weight excluding hydrogens is 316 g/mol. The number of halogens is 1. The number of urea groups is 1. The van der Waals surface area contributed by atoms with Crippen molar-refractivity contribution in [2.75, 3.05) is 11.9 Å². The summed E-state index contributed by atoms with van der Waals surface area (Å²) in [5, 5.41) is 22.3. The molecule has 0 aliphatic rings. The number of anilines is 1. The first kappa shape index (κ1) is 15.5. The molecule has 104 valence electrons. The van der Waals surface area contributed by atoms with Crippen LogP contribution in [-0.4, -0.2) is 34.9 Å². The minimum Gasteiger partial charge on any atom is -0.480 e. The maximum Gasteiger partial charge on any atom is 0.328 e. The zero-order valence-corrected chi connectivity index (χ0v) is 12.1. The topological polar surface area (TPSA) is 98.7 Å². The van der Waals surface area contributed by atoms with E-state index in [2.05, 4.69) is 26.6 Å². The average Bonchev–Trinajstić information content (AvgIpc) is 2.30. The Bertz CT molecular complexity index is 481. The van der Waals surface area contributed by atoms with E-state index in [1.807, 2.05) is 26.0 Å². The molecule has 0 aromatic heterocycles. The molecule has 0 saturated heterocycles. The van der Waals surface area contributed by atoms with Crippen LogP contribution < -0.4 is 10.6 Å². The molecule has 6 nitrogen and oxygen atoms in total. The minimum absolute atomic E-state index is 0.614. The molecule has 19 heavy (non-hydrogen) atoms. The number of carboxylic acid groups (broad SMARTS) is 1. The fourth-order valence-corrected chi connectivity index (χ4v) is 2.29. The SMILES string of the molecule is Cc1cc(Br)cc(C)c1NC(=O)N[C@H](CO)C(=O)O. The molecule has 4 N–H and O–H groups in total. The van der Waals surface area contributed by atoms with Gasteiger partial charge >= 0.3 is 12.0 Å². The zero-order chi connectivity index (χ0) is 14.6. The van der Waals surface area contributed by atoms with Crippen molar-refractivity contribution in [2.45, 2.75) is 19.9 Å². The number of aliphatic hydroxyl groups excluding tert-OH is 1. The number of hydrogen-bond acceptors (Lipinski definition) is 3. The normalized spacial score (nSPS) is 11.8. The summed E-state index contributed by atoms with van der Waals surface area (Å²) in [5.41, 5.74) is 2.30. The number of carboxylic acids is 1. The van der Waals surface area contributed by atoms with Crippen LogP contribution in [0.3, 0.4) is 0 Å². The van der Waals surface area contributed by atoms with Crippen LogP contribution in [0.4, 0.5) is 10.5 Å². The summed E-state index contributed by atoms with van der Waals surface area (Å²) in [6.45, 7) is 2.99. The number of benzene rings is 1. The van der Waals surface area contributed by atoms with E-state index in [9.17, 15) is 9.59 Å². The van der Waals surface area contributed by atoms with Crippen LogP contribution in [0.2, 0.25) is 0 Å². The van der Waals surface area contributed by atoms with Crippen molar-refractivity contribution in [3.63, 3.8) is 0 Å². The van der Waals surface area contributed by atoms with Crippen LogP contribution in [0.1, 0.15) is 11.1 Å². The Balaban J connectivity index is 2.80. The molecular formula is C12H15BrN2O4. The molecule has 1 atom stereocenters. The Morgan fingerprint density at radius 1 is 1.32 bits per heavy atom. The highest BCUT2D eigenvalue weighted by Gasteiger charge is 2.19. The molecule has 0 unspecified atom stereocenters. The second-order valence-electron chi connectivity index (χ2n) is 4.09. The molecule has 0 fully saturated rings. The summed E-state index contributed by atoms with van der Waals surface area (Å²) < 4.78 is 0.896. The number of nitrogens with one attached hydrogen (secondary N) is 2. The third-order valence-corrected chi connectivity index (χ3v) is 2.98. The molecule has 1 aromatic carbocycles. The van der Waals surface area contributed by atoms with E-state index in [-0.39, 0.29) is 0 Å². The Morgan fingerprint density at radius 3 is 2.26 bits per heavy atom. The first-order chi connectivity index (χ1) is 8.85. The van der Waals surface area contributed by atoms with Gasteiger partial charge in [-0.1, -0.05) is 15.9 Å². The monoisotopic (exact) mass is 330 g/mol. The fourth-order valence-electron chi connectivity index (χ4n) is 1.60. The van der Waals surface area contributed by atoms with Crippen molar-refractivity contribution in [1.29, 1.82) is 0 Å². The lowest BCUT2D eigenvalue weighted by molar-refractivity contribution is -0.140. The largest absolute Gasteiger partial charge is 0.480 e. The number of amides is 2. The molecule has 7 heteroatoms. The molecule has 2 amide bonds. The summed E-state index contributed by atoms with van der Waals surface area (Å²) >= 11 is 3.34. The number of aryl methyl sites for hydroxylation is 2. The van der Waals surface area contributed by atoms with Crippen molar-refractivity contribution in [2.24, 2.45) is 0 Å². The summed E-state index contributed by atoms with van der Waals surface area (Å²) in [7, 11) is 0. The molecule has 0 bridgehead atoms. The number of hydrogen-bond donors (Lipinski definition) is 4. The number of aliphatic hydroxyl groups is 1. The minimum atomic E-state index is -1.32. The van der Waals surface area contributed by atoms with Crippen molar-refractivity contribution in [1.82, 2.24) is 5.32 Å². The van der Waals surface area contributed by atoms with Gasteiger partial charge in [0, 0.05) is 10.2 Å². The van der Waals surface area contributed by atoms with E-state index in [0.29, 0.717) is 5.69 Å². The van der Waals surface area contributed by atoms with Crippen LogP contribution in [0.25, 0.3) is 0 Å². The van der Waals surface area contributed by atoms with Crippen molar-refractivity contribution in [3.8, 4) is 0 Å². The van der Waals surface area contributed by atoms with Gasteiger partial charge in [-0.3, -0.25) is 0 Å². The van der Waals surface area contributed by atoms with E-state index in [1.165, 1.54) is 0 Å². The van der Waals surface area contributed by atoms with Gasteiger partial charge in [-0.25, -0.2) is 9.59 Å². The van der Waals surface area contributed by atoms with Crippen LogP contribution in [0.15, 0.2) is 16.6 Å². The Kier molecular flexibility index (Phi) is 5.31. The number of carbonyl (C=O) groups is 2. The van der Waals surface area contributed by atoms with E-state index in [1.54, 1.807) is 0 Å². The van der Waals surface area contributed by atoms with Crippen LogP contribution >= 0.6 is 15.9 Å². The maximum atomic E-state index is 11.7. The van der Waals surface area contributed by atoms with E-state index in [0.717, 1.165) is 15.6 Å². The van der Waals surface area contributed by atoms with Gasteiger partial charge in [-0.15, -0.1) is 0 Å². The third kappa shape index (κ3) is 4.22.